The van der Waals surface area contributed by atoms with Crippen molar-refractivity contribution in [3.8, 4) is 22.8 Å². The molecule has 1 aliphatic carbocycles. The van der Waals surface area contributed by atoms with Crippen molar-refractivity contribution in [2.75, 3.05) is 47.1 Å². The second-order valence-corrected chi connectivity index (χ2v) is 18.3. The van der Waals surface area contributed by atoms with Crippen LogP contribution in [-0.2, 0) is 32.3 Å². The summed E-state index contributed by atoms with van der Waals surface area (Å²) in [5, 5.41) is 4.47. The number of carbonyl (C=O) groups is 4. The zero-order valence-electron chi connectivity index (χ0n) is 40.8. The number of pyridine rings is 2. The number of aldehydes is 1. The van der Waals surface area contributed by atoms with Crippen LogP contribution >= 0.6 is 20.0 Å². The molecule has 1 saturated heterocycles. The van der Waals surface area contributed by atoms with Crippen molar-refractivity contribution in [3.05, 3.63) is 83.8 Å². The summed E-state index contributed by atoms with van der Waals surface area (Å²) < 4.78 is 59.7. The lowest BCUT2D eigenvalue weighted by atomic mass is 9.96. The van der Waals surface area contributed by atoms with Crippen molar-refractivity contribution in [2.24, 2.45) is 7.05 Å². The van der Waals surface area contributed by atoms with E-state index in [1.807, 2.05) is 56.4 Å². The van der Waals surface area contributed by atoms with E-state index in [1.165, 1.54) is 13.2 Å². The average Bonchev–Trinajstić information content (AvgIpc) is 3.63. The largest absolute Gasteiger partial charge is 0.494 e. The molecule has 0 radical (unpaired) electrons. The molecule has 0 spiro atoms. The van der Waals surface area contributed by atoms with E-state index < -0.39 is 29.6 Å². The fourth-order valence-corrected chi connectivity index (χ4v) is 8.07. The highest BCUT2D eigenvalue weighted by atomic mass is 32.7. The van der Waals surface area contributed by atoms with Crippen LogP contribution < -0.4 is 14.8 Å². The number of alkyl halides is 3. The summed E-state index contributed by atoms with van der Waals surface area (Å²) in [5.74, 6) is -0.890. The Morgan fingerprint density at radius 3 is 2.30 bits per heavy atom. The highest BCUT2D eigenvalue weighted by Gasteiger charge is 2.37. The van der Waals surface area contributed by atoms with Gasteiger partial charge in [0.2, 0.25) is 18.2 Å². The zero-order chi connectivity index (χ0) is 50.5. The average molecular weight is 997 g/mol. The van der Waals surface area contributed by atoms with Gasteiger partial charge in [-0.05, 0) is 119 Å². The van der Waals surface area contributed by atoms with Crippen LogP contribution in [0.5, 0.6) is 11.6 Å². The summed E-state index contributed by atoms with van der Waals surface area (Å²) >= 11 is 3.82. The van der Waals surface area contributed by atoms with Crippen molar-refractivity contribution >= 4 is 66.3 Å². The number of benzene rings is 2. The molecule has 1 aliphatic heterocycles. The molecule has 2 aliphatic rings. The molecular weight excluding hydrogens is 929 g/mol. The topological polar surface area (TPSA) is 145 Å². The second kappa shape index (κ2) is 28.5. The van der Waals surface area contributed by atoms with Crippen LogP contribution in [0.1, 0.15) is 99.5 Å². The first kappa shape index (κ1) is 56.5. The van der Waals surface area contributed by atoms with E-state index in [0.29, 0.717) is 47.8 Å². The highest BCUT2D eigenvalue weighted by molar-refractivity contribution is 8.37. The molecule has 69 heavy (non-hydrogen) atoms. The van der Waals surface area contributed by atoms with Gasteiger partial charge in [-0.2, -0.15) is 25.4 Å². The van der Waals surface area contributed by atoms with Gasteiger partial charge in [-0.3, -0.25) is 24.3 Å². The van der Waals surface area contributed by atoms with Crippen LogP contribution in [-0.4, -0.2) is 114 Å². The van der Waals surface area contributed by atoms with Crippen molar-refractivity contribution in [2.45, 2.75) is 109 Å². The maximum atomic E-state index is 13.6. The Labute approximate surface area is 411 Å². The number of amides is 3. The molecule has 5 aromatic rings. The van der Waals surface area contributed by atoms with Gasteiger partial charge in [-0.1, -0.05) is 39.8 Å². The Kier molecular flexibility index (Phi) is 23.4. The Morgan fingerprint density at radius 1 is 0.957 bits per heavy atom. The Bertz CT molecular complexity index is 2430. The van der Waals surface area contributed by atoms with Crippen molar-refractivity contribution in [1.29, 1.82) is 0 Å². The number of unbranched alkanes of at least 4 members (excludes halogenated alkanes) is 2. The van der Waals surface area contributed by atoms with Crippen LogP contribution in [0.4, 0.5) is 13.2 Å². The smallest absolute Gasteiger partial charge is 0.421 e. The third-order valence-electron chi connectivity index (χ3n) is 12.1. The standard InChI is InChI=1S/C26H39N3O6.C22H18F3N3O.C2H6.CH5PS/c1-20-9-10-22(35-17-6-4-5-13-28-14-11-21(34-3)12-15-28)18-23(20)26(33)29(19-31)24(8-7-16-30)25(32)27-2;1-28-19-7-8-26-12-17(19)16-6-5-13(10-20(16)28)14-9-18(22(23,24)25)21(27-11-14)29-15-3-2-4-15;1-2;1-2-3/h9-10,16,18-19,21,24H,4-8,11-15,17H2,1-3H3,(H,27,32);5-12,15H,2-4H2,1H3;1-2H3;2-3H,1H3. The number of carbonyl (C=O) groups excluding carboxylic acids is 4. The number of hydrogen-bond donors (Lipinski definition) is 2. The van der Waals surface area contributed by atoms with Crippen molar-refractivity contribution in [3.63, 3.8) is 0 Å². The van der Waals surface area contributed by atoms with Gasteiger partial charge in [0.25, 0.3) is 5.91 Å². The predicted octanol–water partition coefficient (Wildman–Crippen LogP) is 10.3. The Hall–Kier alpha value is -5.09. The van der Waals surface area contributed by atoms with Gasteiger partial charge >= 0.3 is 6.18 Å². The minimum atomic E-state index is -4.53. The summed E-state index contributed by atoms with van der Waals surface area (Å²) in [6.07, 6.45) is 9.56. The quantitative estimate of drug-likeness (QED) is 0.0377. The fraction of sp³-hybridized carbons (Fsp3) is 0.490. The second-order valence-electron chi connectivity index (χ2n) is 16.5. The van der Waals surface area contributed by atoms with Gasteiger partial charge in [0.15, 0.2) is 0 Å². The summed E-state index contributed by atoms with van der Waals surface area (Å²) in [4.78, 5) is 59.5. The van der Waals surface area contributed by atoms with E-state index in [9.17, 15) is 32.3 Å². The Morgan fingerprint density at radius 2 is 1.68 bits per heavy atom. The maximum absolute atomic E-state index is 13.6. The van der Waals surface area contributed by atoms with Crippen LogP contribution in [0, 0.1) is 6.92 Å². The molecule has 7 rings (SSSR count). The van der Waals surface area contributed by atoms with E-state index >= 15 is 0 Å². The number of halogens is 3. The molecule has 2 atom stereocenters. The summed E-state index contributed by atoms with van der Waals surface area (Å²) in [7, 11) is 5.92. The molecule has 2 unspecified atom stereocenters. The van der Waals surface area contributed by atoms with E-state index in [4.69, 9.17) is 14.2 Å². The van der Waals surface area contributed by atoms with E-state index in [2.05, 4.69) is 32.4 Å². The van der Waals surface area contributed by atoms with E-state index in [1.54, 1.807) is 44.6 Å². The normalized spacial score (nSPS) is 14.6. The van der Waals surface area contributed by atoms with E-state index in [-0.39, 0.29) is 30.4 Å². The number of aryl methyl sites for hydroxylation is 2. The molecule has 18 heteroatoms. The summed E-state index contributed by atoms with van der Waals surface area (Å²) in [6, 6.07) is 12.8. The molecular formula is C51H68F3N6O7PS. The third kappa shape index (κ3) is 15.7. The van der Waals surface area contributed by atoms with Crippen LogP contribution in [0.3, 0.4) is 0 Å². The number of piperidine rings is 1. The Balaban J connectivity index is 0.000000278. The first-order valence-electron chi connectivity index (χ1n) is 23.6. The molecule has 0 bridgehead atoms. The highest BCUT2D eigenvalue weighted by Crippen LogP contribution is 2.40. The minimum Gasteiger partial charge on any atom is -0.494 e. The number of imide groups is 1. The number of methoxy groups -OCH3 is 1. The van der Waals surface area contributed by atoms with Gasteiger partial charge in [-0.15, -0.1) is 0 Å². The van der Waals surface area contributed by atoms with E-state index in [0.717, 1.165) is 112 Å². The fourth-order valence-electron chi connectivity index (χ4n) is 8.07. The van der Waals surface area contributed by atoms with Gasteiger partial charge in [0.05, 0.1) is 18.2 Å². The SMILES string of the molecule is CC.CNC(=O)C(CCC=O)N(C=O)C(=O)c1cc(OCCCCCN2CCC(OC)CC2)ccc1C.CPS.Cn1c2ccncc2c2ccc(-c3cnc(OC4CCC4)c(C(F)(F)F)c3)cc21. The molecule has 376 valence electrons. The first-order chi connectivity index (χ1) is 33.3. The monoisotopic (exact) mass is 996 g/mol. The van der Waals surface area contributed by atoms with Crippen LogP contribution in [0.25, 0.3) is 32.9 Å². The van der Waals surface area contributed by atoms with Gasteiger partial charge in [0.1, 0.15) is 29.7 Å². The molecule has 1 N–H and O–H groups in total. The van der Waals surface area contributed by atoms with Crippen molar-refractivity contribution in [1.82, 2.24) is 29.7 Å². The third-order valence-corrected chi connectivity index (χ3v) is 12.1. The number of thiol groups is 1. The maximum Gasteiger partial charge on any atom is 0.421 e. The molecule has 1 saturated carbocycles. The van der Waals surface area contributed by atoms with Crippen LogP contribution in [0.15, 0.2) is 67.1 Å². The van der Waals surface area contributed by atoms with Gasteiger partial charge in [0, 0.05) is 86.7 Å². The zero-order valence-corrected chi connectivity index (χ0v) is 42.7. The number of likely N-dealkylation sites (tertiary alicyclic amines) is 1. The molecule has 2 aromatic carbocycles. The lowest BCUT2D eigenvalue weighted by Gasteiger charge is -2.31. The number of fused-ring (bicyclic) bond motifs is 3. The van der Waals surface area contributed by atoms with Crippen LogP contribution in [0.2, 0.25) is 0 Å². The number of hydrogen-bond acceptors (Lipinski definition) is 11. The lowest BCUT2D eigenvalue weighted by Crippen LogP contribution is -2.48. The molecule has 2 fully saturated rings. The number of nitrogens with one attached hydrogen (secondary N) is 1. The predicted molar refractivity (Wildman–Crippen MR) is 272 cm³/mol. The van der Waals surface area contributed by atoms with Crippen molar-refractivity contribution < 1.29 is 46.6 Å². The number of nitrogens with zero attached hydrogens (tertiary/aromatic N) is 5. The molecule has 13 nitrogen and oxygen atoms in total. The lowest BCUT2D eigenvalue weighted by molar-refractivity contribution is -0.140. The number of rotatable bonds is 18. The molecule has 3 amide bonds. The number of likely N-dealkylation sites (N-methyl/N-ethyl adjacent to an activating group) is 1. The summed E-state index contributed by atoms with van der Waals surface area (Å²) in [5.41, 5.74) is 3.14. The number of ether oxygens (including phenoxy) is 3. The summed E-state index contributed by atoms with van der Waals surface area (Å²) in [6.45, 7) is 11.6. The minimum absolute atomic E-state index is 0.0588. The molecule has 3 aromatic heterocycles. The van der Waals surface area contributed by atoms with Gasteiger partial charge in [-0.25, -0.2) is 4.98 Å². The van der Waals surface area contributed by atoms with Gasteiger partial charge < -0.3 is 33.8 Å². The number of aromatic nitrogens is 3. The first-order valence-corrected chi connectivity index (χ1v) is 26.4. The molecule has 4 heterocycles.